The van der Waals surface area contributed by atoms with Crippen molar-refractivity contribution >= 4 is 33.1 Å². The number of aryl methyl sites for hydroxylation is 1. The second kappa shape index (κ2) is 3.98. The molecular weight excluding hydrogens is 274 g/mol. The Morgan fingerprint density at radius 3 is 2.80 bits per heavy atom. The highest BCUT2D eigenvalue weighted by Gasteiger charge is 2.14. The second-order valence-corrected chi connectivity index (χ2v) is 5.36. The normalized spacial score (nSPS) is 13.0. The standard InChI is InChI=1S/C10H12BrN3S/c1-6-4-13-14(10(6)12)7(2)9-3-8(11)5-15-9/h3-5,7H,12H2,1-2H3. The van der Waals surface area contributed by atoms with Crippen LogP contribution in [-0.4, -0.2) is 9.78 Å². The Hall–Kier alpha value is -0.810. The molecule has 0 saturated heterocycles. The molecule has 0 radical (unpaired) electrons. The van der Waals surface area contributed by atoms with E-state index < -0.39 is 0 Å². The number of hydrogen-bond acceptors (Lipinski definition) is 3. The second-order valence-electron chi connectivity index (χ2n) is 3.50. The van der Waals surface area contributed by atoms with Crippen LogP contribution in [0.25, 0.3) is 0 Å². The van der Waals surface area contributed by atoms with Crippen molar-refractivity contribution in [3.05, 3.63) is 32.6 Å². The van der Waals surface area contributed by atoms with Gasteiger partial charge in [0.05, 0.1) is 12.2 Å². The molecule has 1 unspecified atom stereocenters. The van der Waals surface area contributed by atoms with E-state index in [0.717, 1.165) is 15.9 Å². The van der Waals surface area contributed by atoms with Gasteiger partial charge in [-0.2, -0.15) is 5.10 Å². The van der Waals surface area contributed by atoms with Gasteiger partial charge in [0.15, 0.2) is 0 Å². The predicted molar refractivity (Wildman–Crippen MR) is 67.2 cm³/mol. The van der Waals surface area contributed by atoms with Crippen LogP contribution in [0.5, 0.6) is 0 Å². The lowest BCUT2D eigenvalue weighted by Gasteiger charge is -2.11. The smallest absolute Gasteiger partial charge is 0.125 e. The zero-order chi connectivity index (χ0) is 11.0. The van der Waals surface area contributed by atoms with Crippen molar-refractivity contribution in [1.82, 2.24) is 9.78 Å². The van der Waals surface area contributed by atoms with Crippen molar-refractivity contribution < 1.29 is 0 Å². The Kier molecular flexibility index (Phi) is 2.84. The minimum Gasteiger partial charge on any atom is -0.384 e. The van der Waals surface area contributed by atoms with Gasteiger partial charge in [-0.3, -0.25) is 0 Å². The van der Waals surface area contributed by atoms with Gasteiger partial charge in [0, 0.05) is 20.3 Å². The summed E-state index contributed by atoms with van der Waals surface area (Å²) >= 11 is 5.15. The molecule has 0 saturated carbocycles. The number of hydrogen-bond donors (Lipinski definition) is 1. The number of aromatic nitrogens is 2. The van der Waals surface area contributed by atoms with Crippen LogP contribution in [0, 0.1) is 6.92 Å². The third kappa shape index (κ3) is 1.94. The van der Waals surface area contributed by atoms with Crippen LogP contribution < -0.4 is 5.73 Å². The van der Waals surface area contributed by atoms with E-state index in [-0.39, 0.29) is 6.04 Å². The van der Waals surface area contributed by atoms with Gasteiger partial charge in [-0.15, -0.1) is 11.3 Å². The van der Waals surface area contributed by atoms with Gasteiger partial charge in [-0.05, 0) is 35.8 Å². The number of nitrogen functional groups attached to an aromatic ring is 1. The molecule has 80 valence electrons. The molecule has 2 rings (SSSR count). The van der Waals surface area contributed by atoms with Crippen molar-refractivity contribution in [2.45, 2.75) is 19.9 Å². The molecule has 2 heterocycles. The molecule has 0 bridgehead atoms. The summed E-state index contributed by atoms with van der Waals surface area (Å²) < 4.78 is 2.96. The Balaban J connectivity index is 2.36. The first-order valence-corrected chi connectivity index (χ1v) is 6.30. The Labute approximate surface area is 101 Å². The highest BCUT2D eigenvalue weighted by Crippen LogP contribution is 2.29. The van der Waals surface area contributed by atoms with E-state index in [1.807, 2.05) is 11.6 Å². The van der Waals surface area contributed by atoms with Crippen LogP contribution in [0.4, 0.5) is 5.82 Å². The molecule has 0 aromatic carbocycles. The van der Waals surface area contributed by atoms with Crippen molar-refractivity contribution in [1.29, 1.82) is 0 Å². The van der Waals surface area contributed by atoms with Crippen LogP contribution in [-0.2, 0) is 0 Å². The summed E-state index contributed by atoms with van der Waals surface area (Å²) in [7, 11) is 0. The molecule has 3 nitrogen and oxygen atoms in total. The first kappa shape index (κ1) is 10.7. The summed E-state index contributed by atoms with van der Waals surface area (Å²) in [5, 5.41) is 6.35. The fourth-order valence-electron chi connectivity index (χ4n) is 1.43. The molecule has 2 aromatic heterocycles. The number of halogens is 1. The lowest BCUT2D eigenvalue weighted by atomic mass is 10.3. The van der Waals surface area contributed by atoms with Gasteiger partial charge in [0.1, 0.15) is 5.82 Å². The van der Waals surface area contributed by atoms with Crippen LogP contribution >= 0.6 is 27.3 Å². The highest BCUT2D eigenvalue weighted by molar-refractivity contribution is 9.10. The fraction of sp³-hybridized carbons (Fsp3) is 0.300. The fourth-order valence-corrected chi connectivity index (χ4v) is 2.92. The van der Waals surface area contributed by atoms with E-state index in [1.165, 1.54) is 4.88 Å². The Morgan fingerprint density at radius 1 is 1.60 bits per heavy atom. The largest absolute Gasteiger partial charge is 0.384 e. The summed E-state index contributed by atoms with van der Waals surface area (Å²) in [5.41, 5.74) is 6.97. The molecule has 0 aliphatic carbocycles. The number of anilines is 1. The molecule has 0 aliphatic rings. The Morgan fingerprint density at radius 2 is 2.33 bits per heavy atom. The van der Waals surface area contributed by atoms with Gasteiger partial charge in [0.2, 0.25) is 0 Å². The predicted octanol–water partition coefficient (Wildman–Crippen LogP) is 3.21. The van der Waals surface area contributed by atoms with Gasteiger partial charge < -0.3 is 5.73 Å². The number of nitrogens with two attached hydrogens (primary N) is 1. The third-order valence-corrected chi connectivity index (χ3v) is 4.26. The molecule has 0 fully saturated rings. The third-order valence-electron chi connectivity index (χ3n) is 2.39. The van der Waals surface area contributed by atoms with Crippen molar-refractivity contribution in [3.8, 4) is 0 Å². The monoisotopic (exact) mass is 285 g/mol. The molecule has 0 spiro atoms. The summed E-state index contributed by atoms with van der Waals surface area (Å²) in [5.74, 6) is 0.743. The lowest BCUT2D eigenvalue weighted by Crippen LogP contribution is -2.10. The van der Waals surface area contributed by atoms with E-state index in [4.69, 9.17) is 5.73 Å². The summed E-state index contributed by atoms with van der Waals surface area (Å²) in [6.45, 7) is 4.07. The zero-order valence-electron chi connectivity index (χ0n) is 8.57. The zero-order valence-corrected chi connectivity index (χ0v) is 11.0. The maximum atomic E-state index is 5.94. The van der Waals surface area contributed by atoms with Crippen LogP contribution in [0.2, 0.25) is 0 Å². The van der Waals surface area contributed by atoms with E-state index in [0.29, 0.717) is 0 Å². The molecular formula is C10H12BrN3S. The highest BCUT2D eigenvalue weighted by atomic mass is 79.9. The van der Waals surface area contributed by atoms with Gasteiger partial charge in [-0.25, -0.2) is 4.68 Å². The number of thiophene rings is 1. The molecule has 0 aliphatic heterocycles. The first-order valence-electron chi connectivity index (χ1n) is 4.63. The molecule has 2 aromatic rings. The SMILES string of the molecule is Cc1cnn(C(C)c2cc(Br)cs2)c1N. The minimum absolute atomic E-state index is 0.190. The van der Waals surface area contributed by atoms with Crippen LogP contribution in [0.15, 0.2) is 22.1 Å². The quantitative estimate of drug-likeness (QED) is 0.921. The molecule has 2 N–H and O–H groups in total. The molecule has 15 heavy (non-hydrogen) atoms. The van der Waals surface area contributed by atoms with Crippen LogP contribution in [0.1, 0.15) is 23.4 Å². The Bertz CT molecular complexity index is 475. The first-order chi connectivity index (χ1) is 7.09. The maximum absolute atomic E-state index is 5.94. The lowest BCUT2D eigenvalue weighted by molar-refractivity contribution is 0.581. The van der Waals surface area contributed by atoms with Crippen molar-refractivity contribution in [3.63, 3.8) is 0 Å². The number of rotatable bonds is 2. The molecule has 0 amide bonds. The van der Waals surface area contributed by atoms with E-state index in [1.54, 1.807) is 17.5 Å². The average molecular weight is 286 g/mol. The van der Waals surface area contributed by atoms with E-state index in [2.05, 4.69) is 39.4 Å². The summed E-state index contributed by atoms with van der Waals surface area (Å²) in [6.07, 6.45) is 1.80. The van der Waals surface area contributed by atoms with Crippen molar-refractivity contribution in [2.75, 3.05) is 5.73 Å². The molecule has 1 atom stereocenters. The van der Waals surface area contributed by atoms with Gasteiger partial charge in [0.25, 0.3) is 0 Å². The maximum Gasteiger partial charge on any atom is 0.125 e. The number of nitrogens with zero attached hydrogens (tertiary/aromatic N) is 2. The summed E-state index contributed by atoms with van der Waals surface area (Å²) in [4.78, 5) is 1.25. The molecule has 5 heteroatoms. The van der Waals surface area contributed by atoms with E-state index >= 15 is 0 Å². The van der Waals surface area contributed by atoms with Gasteiger partial charge in [-0.1, -0.05) is 0 Å². The van der Waals surface area contributed by atoms with Gasteiger partial charge >= 0.3 is 0 Å². The summed E-state index contributed by atoms with van der Waals surface area (Å²) in [6, 6.07) is 2.29. The van der Waals surface area contributed by atoms with E-state index in [9.17, 15) is 0 Å². The minimum atomic E-state index is 0.190. The van der Waals surface area contributed by atoms with Crippen molar-refractivity contribution in [2.24, 2.45) is 0 Å². The topological polar surface area (TPSA) is 43.8 Å². The average Bonchev–Trinajstić information content (AvgIpc) is 2.75. The van der Waals surface area contributed by atoms with Crippen LogP contribution in [0.3, 0.4) is 0 Å².